The molecular weight excluding hydrogens is 349 g/mol. The smallest absolute Gasteiger partial charge is 0.259 e. The molecule has 0 saturated heterocycles. The van der Waals surface area contributed by atoms with Crippen LogP contribution in [0.1, 0.15) is 21.5 Å². The van der Waals surface area contributed by atoms with Crippen LogP contribution in [0, 0.1) is 6.92 Å². The fourth-order valence-corrected chi connectivity index (χ4v) is 2.33. The van der Waals surface area contributed by atoms with E-state index in [2.05, 4.69) is 15.8 Å². The molecule has 2 aromatic rings. The van der Waals surface area contributed by atoms with Crippen LogP contribution in [0.3, 0.4) is 0 Å². The maximum Gasteiger partial charge on any atom is 0.259 e. The van der Waals surface area contributed by atoms with Crippen molar-refractivity contribution >= 4 is 41.2 Å². The number of nitrogens with one attached hydrogen (secondary N) is 2. The summed E-state index contributed by atoms with van der Waals surface area (Å²) in [7, 11) is 0. The van der Waals surface area contributed by atoms with Gasteiger partial charge in [-0.05, 0) is 31.2 Å². The quantitative estimate of drug-likeness (QED) is 0.632. The average Bonchev–Trinajstić information content (AvgIpc) is 2.54. The van der Waals surface area contributed by atoms with Gasteiger partial charge in [0.05, 0.1) is 17.8 Å². The summed E-state index contributed by atoms with van der Waals surface area (Å²) in [5.41, 5.74) is 4.40. The molecule has 0 bridgehead atoms. The van der Waals surface area contributed by atoms with Crippen LogP contribution >= 0.6 is 23.2 Å². The zero-order chi connectivity index (χ0) is 17.5. The average molecular weight is 364 g/mol. The molecule has 2 aromatic carbocycles. The highest BCUT2D eigenvalue weighted by Gasteiger charge is 2.07. The van der Waals surface area contributed by atoms with Crippen molar-refractivity contribution in [3.8, 4) is 0 Å². The first-order valence-electron chi connectivity index (χ1n) is 7.07. The van der Waals surface area contributed by atoms with Gasteiger partial charge in [0.1, 0.15) is 0 Å². The van der Waals surface area contributed by atoms with Gasteiger partial charge in [0.25, 0.3) is 11.8 Å². The fourth-order valence-electron chi connectivity index (χ4n) is 1.87. The van der Waals surface area contributed by atoms with Gasteiger partial charge in [-0.25, -0.2) is 5.43 Å². The van der Waals surface area contributed by atoms with E-state index in [1.165, 1.54) is 6.21 Å². The SMILES string of the molecule is Cc1cccc(C(=O)NCC(=O)NN=Cc2ccc(Cl)cc2Cl)c1. The van der Waals surface area contributed by atoms with Crippen LogP contribution in [0.5, 0.6) is 0 Å². The molecule has 0 spiro atoms. The molecule has 0 aromatic heterocycles. The second-order valence-electron chi connectivity index (χ2n) is 5.01. The second kappa shape index (κ2) is 8.47. The van der Waals surface area contributed by atoms with Crippen LogP contribution in [0.2, 0.25) is 10.0 Å². The first kappa shape index (κ1) is 18.0. The van der Waals surface area contributed by atoms with Gasteiger partial charge in [0.2, 0.25) is 0 Å². The molecule has 0 saturated carbocycles. The molecule has 24 heavy (non-hydrogen) atoms. The van der Waals surface area contributed by atoms with Crippen LogP contribution in [-0.4, -0.2) is 24.6 Å². The number of hydrogen-bond donors (Lipinski definition) is 2. The van der Waals surface area contributed by atoms with Crippen molar-refractivity contribution in [2.75, 3.05) is 6.54 Å². The number of hydrogen-bond acceptors (Lipinski definition) is 3. The van der Waals surface area contributed by atoms with E-state index in [9.17, 15) is 9.59 Å². The monoisotopic (exact) mass is 363 g/mol. The zero-order valence-electron chi connectivity index (χ0n) is 12.8. The van der Waals surface area contributed by atoms with E-state index in [-0.39, 0.29) is 12.5 Å². The number of carbonyl (C=O) groups excluding carboxylic acids is 2. The molecule has 0 fully saturated rings. The number of hydrazone groups is 1. The number of halogens is 2. The van der Waals surface area contributed by atoms with Crippen molar-refractivity contribution in [2.24, 2.45) is 5.10 Å². The molecule has 0 unspecified atom stereocenters. The lowest BCUT2D eigenvalue weighted by Crippen LogP contribution is -2.34. The number of rotatable bonds is 5. The standard InChI is InChI=1S/C17H15Cl2N3O2/c1-11-3-2-4-12(7-11)17(24)20-10-16(23)22-21-9-13-5-6-14(18)8-15(13)19/h2-9H,10H2,1H3,(H,20,24)(H,22,23). The lowest BCUT2D eigenvalue weighted by molar-refractivity contribution is -0.120. The summed E-state index contributed by atoms with van der Waals surface area (Å²) in [4.78, 5) is 23.6. The molecule has 5 nitrogen and oxygen atoms in total. The van der Waals surface area contributed by atoms with Crippen molar-refractivity contribution in [3.05, 3.63) is 69.2 Å². The second-order valence-corrected chi connectivity index (χ2v) is 5.85. The lowest BCUT2D eigenvalue weighted by Gasteiger charge is -2.05. The third kappa shape index (κ3) is 5.37. The maximum absolute atomic E-state index is 11.9. The Kier molecular flexibility index (Phi) is 6.35. The van der Waals surface area contributed by atoms with Crippen LogP contribution in [-0.2, 0) is 4.79 Å². The molecule has 124 valence electrons. The fraction of sp³-hybridized carbons (Fsp3) is 0.118. The van der Waals surface area contributed by atoms with E-state index < -0.39 is 5.91 Å². The topological polar surface area (TPSA) is 70.6 Å². The third-order valence-electron chi connectivity index (χ3n) is 3.05. The van der Waals surface area contributed by atoms with Crippen molar-refractivity contribution in [1.82, 2.24) is 10.7 Å². The molecule has 0 aliphatic carbocycles. The Morgan fingerprint density at radius 2 is 1.96 bits per heavy atom. The Morgan fingerprint density at radius 3 is 2.67 bits per heavy atom. The minimum absolute atomic E-state index is 0.182. The van der Waals surface area contributed by atoms with Gasteiger partial charge < -0.3 is 5.32 Å². The number of nitrogens with zero attached hydrogens (tertiary/aromatic N) is 1. The largest absolute Gasteiger partial charge is 0.343 e. The molecule has 0 radical (unpaired) electrons. The van der Waals surface area contributed by atoms with Crippen LogP contribution in [0.25, 0.3) is 0 Å². The summed E-state index contributed by atoms with van der Waals surface area (Å²) in [5, 5.41) is 7.26. The van der Waals surface area contributed by atoms with Gasteiger partial charge in [-0.2, -0.15) is 5.10 Å². The summed E-state index contributed by atoms with van der Waals surface area (Å²) in [5.74, 6) is -0.768. The molecule has 0 aliphatic heterocycles. The van der Waals surface area contributed by atoms with E-state index in [4.69, 9.17) is 23.2 Å². The lowest BCUT2D eigenvalue weighted by atomic mass is 10.1. The van der Waals surface area contributed by atoms with Gasteiger partial charge in [-0.1, -0.05) is 47.0 Å². The van der Waals surface area contributed by atoms with Crippen LogP contribution < -0.4 is 10.7 Å². The molecule has 2 rings (SSSR count). The highest BCUT2D eigenvalue weighted by atomic mass is 35.5. The molecule has 7 heteroatoms. The number of aryl methyl sites for hydroxylation is 1. The first-order chi connectivity index (χ1) is 11.5. The van der Waals surface area contributed by atoms with Crippen molar-refractivity contribution in [3.63, 3.8) is 0 Å². The predicted molar refractivity (Wildman–Crippen MR) is 95.7 cm³/mol. The van der Waals surface area contributed by atoms with Crippen molar-refractivity contribution in [2.45, 2.75) is 6.92 Å². The van der Waals surface area contributed by atoms with Crippen LogP contribution in [0.4, 0.5) is 0 Å². The molecule has 2 amide bonds. The van der Waals surface area contributed by atoms with E-state index in [1.54, 1.807) is 36.4 Å². The van der Waals surface area contributed by atoms with Gasteiger partial charge in [0, 0.05) is 16.1 Å². The summed E-state index contributed by atoms with van der Waals surface area (Å²) in [6.07, 6.45) is 1.40. The molecule has 0 heterocycles. The summed E-state index contributed by atoms with van der Waals surface area (Å²) in [6, 6.07) is 12.0. The third-order valence-corrected chi connectivity index (χ3v) is 3.61. The number of amides is 2. The summed E-state index contributed by atoms with van der Waals surface area (Å²) >= 11 is 11.8. The molecular formula is C17H15Cl2N3O2. The Bertz CT molecular complexity index is 791. The number of benzene rings is 2. The predicted octanol–water partition coefficient (Wildman–Crippen LogP) is 3.18. The van der Waals surface area contributed by atoms with E-state index in [1.807, 2.05) is 13.0 Å². The zero-order valence-corrected chi connectivity index (χ0v) is 14.4. The minimum Gasteiger partial charge on any atom is -0.343 e. The Hall–Kier alpha value is -2.37. The highest BCUT2D eigenvalue weighted by molar-refractivity contribution is 6.36. The van der Waals surface area contributed by atoms with E-state index >= 15 is 0 Å². The van der Waals surface area contributed by atoms with Gasteiger partial charge in [0.15, 0.2) is 0 Å². The molecule has 0 aliphatic rings. The Balaban J connectivity index is 1.83. The number of carbonyl (C=O) groups is 2. The van der Waals surface area contributed by atoms with Crippen molar-refractivity contribution < 1.29 is 9.59 Å². The van der Waals surface area contributed by atoms with Gasteiger partial charge in [-0.15, -0.1) is 0 Å². The summed E-state index contributed by atoms with van der Waals surface area (Å²) in [6.45, 7) is 1.71. The molecule has 2 N–H and O–H groups in total. The van der Waals surface area contributed by atoms with E-state index in [0.29, 0.717) is 21.2 Å². The van der Waals surface area contributed by atoms with Gasteiger partial charge in [-0.3, -0.25) is 9.59 Å². The Morgan fingerprint density at radius 1 is 1.17 bits per heavy atom. The van der Waals surface area contributed by atoms with Crippen LogP contribution in [0.15, 0.2) is 47.6 Å². The highest BCUT2D eigenvalue weighted by Crippen LogP contribution is 2.19. The molecule has 0 atom stereocenters. The van der Waals surface area contributed by atoms with Crippen molar-refractivity contribution in [1.29, 1.82) is 0 Å². The van der Waals surface area contributed by atoms with Gasteiger partial charge >= 0.3 is 0 Å². The minimum atomic E-state index is -0.447. The first-order valence-corrected chi connectivity index (χ1v) is 7.83. The normalized spacial score (nSPS) is 10.6. The summed E-state index contributed by atoms with van der Waals surface area (Å²) < 4.78 is 0. The van der Waals surface area contributed by atoms with E-state index in [0.717, 1.165) is 5.56 Å². The maximum atomic E-state index is 11.9. The Labute approximate surface area is 149 Å².